The molecule has 0 aliphatic carbocycles. The van der Waals surface area contributed by atoms with Crippen LogP contribution in [0.4, 0.5) is 208 Å². The lowest BCUT2D eigenvalue weighted by Gasteiger charge is -2.24. The standard InChI is InChI=1S/C22H16F6N2O.C22H17F5N2O.2C21H14F6N2O.C21H15F5N2O/c1-12-9-17(24)20(18(25)10-12)21(31)29-14-4-6-15(7-5-14)30(2)19-8-3-13(23)11-16(19)22(26,27)28;1-13-4-3-5-18(24)20(13)21(30)28-15-7-9-16(10-8-15)29(2)19-11-6-14(23)12-17(19)22(25,26)27;2*1-29(18-10-5-12(22)11-15(18)21(25,26)27)14-8-6-13(7-9-14)28-20(30)19-16(23)3-2-4-17(19)24;1-28(19-11-6-13(22)12-17(19)21(24,25)26)15-9-7-14(8-10-15)27-20(29)16-4-2-3-5-18(16)23/h3-11H,1-2H3,(H,29,31);3-12H,1-2H3,(H,28,30);2*2-11H,1H3,(H,28,30);2-12H,1H3,(H,27,29). The fourth-order valence-corrected chi connectivity index (χ4v) is 14.6. The number of amides is 5. The van der Waals surface area contributed by atoms with E-state index in [0.717, 1.165) is 115 Å². The molecule has 0 spiro atoms. The Hall–Kier alpha value is -17.3. The highest BCUT2D eigenvalue weighted by Gasteiger charge is 2.41. The zero-order valence-electron chi connectivity index (χ0n) is 78.2. The van der Waals surface area contributed by atoms with Gasteiger partial charge >= 0.3 is 30.9 Å². The maximum atomic E-state index is 14.0. The first kappa shape index (κ1) is 113. The summed E-state index contributed by atoms with van der Waals surface area (Å²) in [6.07, 6.45) is -23.7. The van der Waals surface area contributed by atoms with E-state index in [1.807, 2.05) is 0 Å². The van der Waals surface area contributed by atoms with Crippen LogP contribution >= 0.6 is 0 Å². The SMILES string of the molecule is CN(c1ccc(NC(=O)c2c(F)cccc2F)cc1)c1ccc(F)cc1C(F)(F)F.CN(c1ccc(NC(=O)c2c(F)cccc2F)cc1)c1ccc(F)cc1C(F)(F)F.CN(c1ccc(NC(=O)c2ccccc2F)cc1)c1ccc(F)cc1C(F)(F)F.Cc1cc(F)c(C(=O)Nc2ccc(N(C)c3ccc(F)cc3C(F)(F)F)cc2)c(F)c1.Cc1cccc(F)c1C(=O)Nc1ccc(N(C)c2ccc(F)cc2C(F)(F)F)cc1. The van der Waals surface area contributed by atoms with Gasteiger partial charge in [-0.2, -0.15) is 65.9 Å². The first-order chi connectivity index (χ1) is 70.4. The van der Waals surface area contributed by atoms with Gasteiger partial charge in [-0.05, 0) is 292 Å². The molecule has 0 saturated heterocycles. The number of hydrogen-bond acceptors (Lipinski definition) is 10. The number of anilines is 15. The highest BCUT2D eigenvalue weighted by molar-refractivity contribution is 6.08. The maximum Gasteiger partial charge on any atom is 0.418 e. The minimum Gasteiger partial charge on any atom is -0.344 e. The van der Waals surface area contributed by atoms with Crippen molar-refractivity contribution in [3.05, 3.63) is 446 Å². The molecule has 0 bridgehead atoms. The molecule has 0 atom stereocenters. The normalized spacial score (nSPS) is 11.3. The minimum atomic E-state index is -4.76. The summed E-state index contributed by atoms with van der Waals surface area (Å²) in [5.74, 6) is -16.8. The number of alkyl halides is 15. The Labute approximate surface area is 834 Å². The lowest BCUT2D eigenvalue weighted by molar-refractivity contribution is -0.138. The van der Waals surface area contributed by atoms with Crippen molar-refractivity contribution in [2.45, 2.75) is 44.7 Å². The minimum absolute atomic E-state index is 0.0835. The van der Waals surface area contributed by atoms with Gasteiger partial charge in [0.1, 0.15) is 92.3 Å². The third-order valence-electron chi connectivity index (χ3n) is 22.0. The van der Waals surface area contributed by atoms with Gasteiger partial charge in [0.2, 0.25) is 0 Å². The first-order valence-electron chi connectivity index (χ1n) is 43.3. The molecule has 0 fully saturated rings. The molecular formula is C107H76F28N10O5. The number of nitrogens with one attached hydrogen (secondary N) is 5. The third kappa shape index (κ3) is 28.7. The van der Waals surface area contributed by atoms with Gasteiger partial charge in [-0.1, -0.05) is 36.4 Å². The average Bonchev–Trinajstić information content (AvgIpc) is 0.801. The van der Waals surface area contributed by atoms with Crippen molar-refractivity contribution in [2.75, 3.05) is 86.3 Å². The van der Waals surface area contributed by atoms with E-state index in [1.54, 1.807) is 13.0 Å². The second kappa shape index (κ2) is 47.5. The summed E-state index contributed by atoms with van der Waals surface area (Å²) in [5.41, 5.74) is -5.64. The number of aryl methyl sites for hydroxylation is 2. The molecule has 0 aliphatic heterocycles. The summed E-state index contributed by atoms with van der Waals surface area (Å²) in [4.78, 5) is 67.1. The van der Waals surface area contributed by atoms with Crippen LogP contribution in [-0.4, -0.2) is 64.8 Å². The molecule has 0 saturated carbocycles. The highest BCUT2D eigenvalue weighted by Crippen LogP contribution is 2.46. The molecule has 0 radical (unpaired) electrons. The van der Waals surface area contributed by atoms with Crippen molar-refractivity contribution in [1.82, 2.24) is 0 Å². The number of halogens is 28. The predicted molar refractivity (Wildman–Crippen MR) is 511 cm³/mol. The van der Waals surface area contributed by atoms with Crippen LogP contribution in [0.1, 0.15) is 90.7 Å². The number of benzene rings is 15. The van der Waals surface area contributed by atoms with E-state index in [-0.39, 0.29) is 56.6 Å². The number of rotatable bonds is 20. The van der Waals surface area contributed by atoms with Crippen molar-refractivity contribution in [2.24, 2.45) is 0 Å². The number of nitrogens with zero attached hydrogens (tertiary/aromatic N) is 5. The van der Waals surface area contributed by atoms with Crippen molar-refractivity contribution in [3.8, 4) is 0 Å². The van der Waals surface area contributed by atoms with Crippen LogP contribution in [0.25, 0.3) is 0 Å². The first-order valence-corrected chi connectivity index (χ1v) is 43.3. The van der Waals surface area contributed by atoms with Crippen LogP contribution in [0.2, 0.25) is 0 Å². The van der Waals surface area contributed by atoms with Gasteiger partial charge < -0.3 is 51.1 Å². The molecule has 0 aliphatic rings. The molecule has 5 amide bonds. The van der Waals surface area contributed by atoms with Gasteiger partial charge in [0.05, 0.1) is 67.4 Å². The molecule has 150 heavy (non-hydrogen) atoms. The predicted octanol–water partition coefficient (Wildman–Crippen LogP) is 31.1. The molecule has 5 N–H and O–H groups in total. The van der Waals surface area contributed by atoms with Crippen LogP contribution in [0.5, 0.6) is 0 Å². The molecule has 0 unspecified atom stereocenters. The van der Waals surface area contributed by atoms with Gasteiger partial charge in [0, 0.05) is 92.1 Å². The van der Waals surface area contributed by atoms with Crippen LogP contribution in [0.15, 0.2) is 303 Å². The van der Waals surface area contributed by atoms with Crippen molar-refractivity contribution >= 4 is 115 Å². The van der Waals surface area contributed by atoms with Gasteiger partial charge in [-0.3, -0.25) is 24.0 Å². The zero-order chi connectivity index (χ0) is 110. The fraction of sp³-hybridized carbons (Fsp3) is 0.112. The van der Waals surface area contributed by atoms with Crippen molar-refractivity contribution < 1.29 is 147 Å². The van der Waals surface area contributed by atoms with Crippen LogP contribution in [0.3, 0.4) is 0 Å². The molecular weight excluding hydrogens is 2040 g/mol. The Kier molecular flexibility index (Phi) is 35.8. The van der Waals surface area contributed by atoms with Gasteiger partial charge in [-0.25, -0.2) is 57.1 Å². The van der Waals surface area contributed by atoms with E-state index in [9.17, 15) is 147 Å². The fourth-order valence-electron chi connectivity index (χ4n) is 14.6. The lowest BCUT2D eigenvalue weighted by atomic mass is 10.1. The summed E-state index contributed by atoms with van der Waals surface area (Å²) in [7, 11) is 6.93. The van der Waals surface area contributed by atoms with E-state index < -0.39 is 181 Å². The Morgan fingerprint density at radius 1 is 0.207 bits per heavy atom. The molecule has 15 rings (SSSR count). The second-order valence-corrected chi connectivity index (χ2v) is 32.3. The molecule has 43 heteroatoms. The Balaban J connectivity index is 0.000000178. The Morgan fingerprint density at radius 2 is 0.400 bits per heavy atom. The van der Waals surface area contributed by atoms with Crippen LogP contribution in [-0.2, 0) is 30.9 Å². The summed E-state index contributed by atoms with van der Waals surface area (Å²) in [6.45, 7) is 3.09. The smallest absolute Gasteiger partial charge is 0.344 e. The molecule has 15 aromatic rings. The topological polar surface area (TPSA) is 162 Å². The van der Waals surface area contributed by atoms with Crippen molar-refractivity contribution in [1.29, 1.82) is 0 Å². The molecule has 15 aromatic carbocycles. The summed E-state index contributed by atoms with van der Waals surface area (Å²) >= 11 is 0. The second-order valence-electron chi connectivity index (χ2n) is 32.3. The zero-order valence-corrected chi connectivity index (χ0v) is 78.2. The Morgan fingerprint density at radius 3 is 0.620 bits per heavy atom. The van der Waals surface area contributed by atoms with E-state index in [2.05, 4.69) is 26.6 Å². The molecule has 0 aromatic heterocycles. The number of carbonyl (C=O) groups excluding carboxylic acids is 5. The number of hydrogen-bond donors (Lipinski definition) is 5. The van der Waals surface area contributed by atoms with Gasteiger partial charge in [0.15, 0.2) is 0 Å². The van der Waals surface area contributed by atoms with Gasteiger partial charge in [0.25, 0.3) is 29.5 Å². The monoisotopic (exact) mass is 2110 g/mol. The average molecular weight is 2110 g/mol. The highest BCUT2D eigenvalue weighted by atomic mass is 19.4. The molecule has 15 nitrogen and oxygen atoms in total. The molecule has 780 valence electrons. The van der Waals surface area contributed by atoms with Crippen molar-refractivity contribution in [3.63, 3.8) is 0 Å². The lowest BCUT2D eigenvalue weighted by Crippen LogP contribution is -2.18. The van der Waals surface area contributed by atoms with Crippen LogP contribution < -0.4 is 51.1 Å². The summed E-state index contributed by atoms with van der Waals surface area (Å²) in [5, 5.41) is 12.1. The Bertz CT molecular complexity index is 6920. The molecule has 0 heterocycles. The summed E-state index contributed by atoms with van der Waals surface area (Å²) in [6, 6.07) is 58.1. The van der Waals surface area contributed by atoms with E-state index in [4.69, 9.17) is 0 Å². The van der Waals surface area contributed by atoms with Crippen LogP contribution in [0, 0.1) is 89.5 Å². The van der Waals surface area contributed by atoms with Gasteiger partial charge in [-0.15, -0.1) is 0 Å². The van der Waals surface area contributed by atoms with E-state index in [1.165, 1.54) is 218 Å². The summed E-state index contributed by atoms with van der Waals surface area (Å²) < 4.78 is 376. The number of carbonyl (C=O) groups is 5. The third-order valence-corrected chi connectivity index (χ3v) is 22.0. The van der Waals surface area contributed by atoms with E-state index in [0.29, 0.717) is 81.3 Å². The van der Waals surface area contributed by atoms with E-state index >= 15 is 0 Å². The quantitative estimate of drug-likeness (QED) is 0.0465. The maximum absolute atomic E-state index is 14.0. The largest absolute Gasteiger partial charge is 0.418 e.